The molecule has 0 spiro atoms. The molecule has 2 N–H and O–H groups in total. The average molecular weight is 156 g/mol. The lowest BCUT2D eigenvalue weighted by atomic mass is 10.4. The number of nitrogens with zero attached hydrogens (tertiary/aromatic N) is 3. The minimum Gasteiger partial charge on any atom is -0.368 e. The second kappa shape index (κ2) is 2.77. The first-order valence-electron chi connectivity index (χ1n) is 3.21. The number of aromatic nitrogens is 3. The molecule has 0 radical (unpaired) electrons. The van der Waals surface area contributed by atoms with E-state index in [4.69, 9.17) is 5.73 Å². The van der Waals surface area contributed by atoms with Crippen molar-refractivity contribution >= 4 is 5.95 Å². The highest BCUT2D eigenvalue weighted by Gasteiger charge is 2.07. The van der Waals surface area contributed by atoms with Crippen molar-refractivity contribution < 1.29 is 4.39 Å². The molecule has 0 saturated heterocycles. The molecule has 0 aliphatic heterocycles. The maximum Gasteiger partial charge on any atom is 0.223 e. The van der Waals surface area contributed by atoms with Crippen LogP contribution in [0.15, 0.2) is 0 Å². The Morgan fingerprint density at radius 3 is 2.45 bits per heavy atom. The summed E-state index contributed by atoms with van der Waals surface area (Å²) in [6.45, 7) is 3.00. The SMILES string of the molecule is Cc1nc(N)nc([C@H](C)F)n1. The van der Waals surface area contributed by atoms with Gasteiger partial charge in [-0.3, -0.25) is 0 Å². The number of halogens is 1. The summed E-state index contributed by atoms with van der Waals surface area (Å²) in [5, 5.41) is 0. The van der Waals surface area contributed by atoms with Crippen LogP contribution in [0.25, 0.3) is 0 Å². The summed E-state index contributed by atoms with van der Waals surface area (Å²) in [5.74, 6) is 0.601. The summed E-state index contributed by atoms with van der Waals surface area (Å²) >= 11 is 0. The van der Waals surface area contributed by atoms with Gasteiger partial charge in [-0.05, 0) is 13.8 Å². The van der Waals surface area contributed by atoms with Gasteiger partial charge < -0.3 is 5.73 Å². The number of hydrogen-bond acceptors (Lipinski definition) is 4. The van der Waals surface area contributed by atoms with E-state index in [0.29, 0.717) is 5.82 Å². The number of anilines is 1. The molecule has 0 bridgehead atoms. The van der Waals surface area contributed by atoms with Crippen LogP contribution in [-0.2, 0) is 0 Å². The smallest absolute Gasteiger partial charge is 0.223 e. The molecule has 4 nitrogen and oxygen atoms in total. The Bertz CT molecular complexity index is 241. The number of rotatable bonds is 1. The molecule has 0 unspecified atom stereocenters. The van der Waals surface area contributed by atoms with Gasteiger partial charge in [-0.2, -0.15) is 9.97 Å². The predicted molar refractivity (Wildman–Crippen MR) is 38.5 cm³/mol. The molecule has 1 atom stereocenters. The highest BCUT2D eigenvalue weighted by Crippen LogP contribution is 2.11. The van der Waals surface area contributed by atoms with Crippen molar-refractivity contribution in [3.63, 3.8) is 0 Å². The first kappa shape index (κ1) is 7.84. The molecule has 1 aromatic rings. The van der Waals surface area contributed by atoms with Crippen LogP contribution in [0.2, 0.25) is 0 Å². The molecule has 1 aromatic heterocycles. The first-order valence-corrected chi connectivity index (χ1v) is 3.21. The van der Waals surface area contributed by atoms with Gasteiger partial charge in [0.15, 0.2) is 12.0 Å². The van der Waals surface area contributed by atoms with Crippen LogP contribution in [0.1, 0.15) is 24.7 Å². The summed E-state index contributed by atoms with van der Waals surface area (Å²) in [5.41, 5.74) is 5.27. The van der Waals surface area contributed by atoms with Crippen LogP contribution in [0.4, 0.5) is 10.3 Å². The molecular weight excluding hydrogens is 147 g/mol. The van der Waals surface area contributed by atoms with Gasteiger partial charge in [0.25, 0.3) is 0 Å². The Morgan fingerprint density at radius 1 is 1.36 bits per heavy atom. The fraction of sp³-hybridized carbons (Fsp3) is 0.500. The van der Waals surface area contributed by atoms with E-state index in [0.717, 1.165) is 0 Å². The van der Waals surface area contributed by atoms with Crippen LogP contribution in [0.3, 0.4) is 0 Å². The van der Waals surface area contributed by atoms with Crippen molar-refractivity contribution in [2.24, 2.45) is 0 Å². The molecule has 60 valence electrons. The normalized spacial score (nSPS) is 13.0. The molecule has 0 aliphatic rings. The quantitative estimate of drug-likeness (QED) is 0.652. The maximum absolute atomic E-state index is 12.6. The van der Waals surface area contributed by atoms with E-state index in [1.54, 1.807) is 6.92 Å². The van der Waals surface area contributed by atoms with Gasteiger partial charge in [-0.15, -0.1) is 0 Å². The van der Waals surface area contributed by atoms with Crippen LogP contribution < -0.4 is 5.73 Å². The number of aryl methyl sites for hydroxylation is 1. The second-order valence-corrected chi connectivity index (χ2v) is 2.22. The average Bonchev–Trinajstić information content (AvgIpc) is 1.85. The zero-order valence-corrected chi connectivity index (χ0v) is 6.37. The molecule has 0 fully saturated rings. The fourth-order valence-corrected chi connectivity index (χ4v) is 0.702. The molecule has 1 heterocycles. The third-order valence-electron chi connectivity index (χ3n) is 1.14. The highest BCUT2D eigenvalue weighted by molar-refractivity contribution is 5.15. The van der Waals surface area contributed by atoms with Crippen molar-refractivity contribution in [2.75, 3.05) is 5.73 Å². The number of alkyl halides is 1. The molecule has 0 aliphatic carbocycles. The lowest BCUT2D eigenvalue weighted by Crippen LogP contribution is -2.05. The van der Waals surface area contributed by atoms with Gasteiger partial charge in [-0.25, -0.2) is 9.37 Å². The van der Waals surface area contributed by atoms with Gasteiger partial charge >= 0.3 is 0 Å². The maximum atomic E-state index is 12.6. The van der Waals surface area contributed by atoms with E-state index in [2.05, 4.69) is 15.0 Å². The third kappa shape index (κ3) is 1.83. The standard InChI is InChI=1S/C6H9FN4/c1-3(7)5-9-4(2)10-6(8)11-5/h3H,1-2H3,(H2,8,9,10,11)/t3-/m0/s1. The van der Waals surface area contributed by atoms with Crippen molar-refractivity contribution in [3.8, 4) is 0 Å². The van der Waals surface area contributed by atoms with Gasteiger partial charge in [-0.1, -0.05) is 0 Å². The minimum absolute atomic E-state index is 0.0667. The summed E-state index contributed by atoms with van der Waals surface area (Å²) in [6, 6.07) is 0. The summed E-state index contributed by atoms with van der Waals surface area (Å²) in [4.78, 5) is 11.1. The molecule has 0 saturated carbocycles. The Hall–Kier alpha value is -1.26. The van der Waals surface area contributed by atoms with E-state index in [-0.39, 0.29) is 11.8 Å². The molecule has 0 amide bonds. The molecule has 11 heavy (non-hydrogen) atoms. The van der Waals surface area contributed by atoms with Crippen LogP contribution in [0.5, 0.6) is 0 Å². The molecule has 5 heteroatoms. The lowest BCUT2D eigenvalue weighted by molar-refractivity contribution is 0.355. The van der Waals surface area contributed by atoms with E-state index < -0.39 is 6.17 Å². The van der Waals surface area contributed by atoms with Gasteiger partial charge in [0.2, 0.25) is 5.95 Å². The lowest BCUT2D eigenvalue weighted by Gasteiger charge is -2.01. The molecular formula is C6H9FN4. The number of nitrogens with two attached hydrogens (primary N) is 1. The largest absolute Gasteiger partial charge is 0.368 e. The van der Waals surface area contributed by atoms with Crippen molar-refractivity contribution in [1.29, 1.82) is 0 Å². The topological polar surface area (TPSA) is 64.7 Å². The van der Waals surface area contributed by atoms with Crippen LogP contribution in [0, 0.1) is 6.92 Å². The van der Waals surface area contributed by atoms with Gasteiger partial charge in [0, 0.05) is 0 Å². The van der Waals surface area contributed by atoms with Gasteiger partial charge in [0.1, 0.15) is 5.82 Å². The van der Waals surface area contributed by atoms with Crippen molar-refractivity contribution in [2.45, 2.75) is 20.0 Å². The Labute approximate surface area is 63.7 Å². The molecule has 0 aromatic carbocycles. The third-order valence-corrected chi connectivity index (χ3v) is 1.14. The Kier molecular flexibility index (Phi) is 1.98. The molecule has 1 rings (SSSR count). The fourth-order valence-electron chi connectivity index (χ4n) is 0.702. The van der Waals surface area contributed by atoms with E-state index in [1.165, 1.54) is 6.92 Å². The summed E-state index contributed by atoms with van der Waals surface area (Å²) in [6.07, 6.45) is -1.20. The summed E-state index contributed by atoms with van der Waals surface area (Å²) < 4.78 is 12.6. The van der Waals surface area contributed by atoms with Gasteiger partial charge in [0.05, 0.1) is 0 Å². The van der Waals surface area contributed by atoms with Crippen molar-refractivity contribution in [1.82, 2.24) is 15.0 Å². The Morgan fingerprint density at radius 2 is 2.00 bits per heavy atom. The number of hydrogen-bond donors (Lipinski definition) is 1. The van der Waals surface area contributed by atoms with E-state index in [1.807, 2.05) is 0 Å². The van der Waals surface area contributed by atoms with Crippen LogP contribution in [-0.4, -0.2) is 15.0 Å². The minimum atomic E-state index is -1.20. The summed E-state index contributed by atoms with van der Waals surface area (Å²) in [7, 11) is 0. The van der Waals surface area contributed by atoms with E-state index >= 15 is 0 Å². The number of nitrogen functional groups attached to an aromatic ring is 1. The zero-order valence-electron chi connectivity index (χ0n) is 6.37. The predicted octanol–water partition coefficient (Wildman–Crippen LogP) is 0.793. The van der Waals surface area contributed by atoms with E-state index in [9.17, 15) is 4.39 Å². The zero-order chi connectivity index (χ0) is 8.43. The second-order valence-electron chi connectivity index (χ2n) is 2.22. The van der Waals surface area contributed by atoms with Crippen molar-refractivity contribution in [3.05, 3.63) is 11.6 Å². The highest BCUT2D eigenvalue weighted by atomic mass is 19.1. The first-order chi connectivity index (χ1) is 5.09. The Balaban J connectivity index is 3.08. The van der Waals surface area contributed by atoms with Crippen LogP contribution >= 0.6 is 0 Å². The monoisotopic (exact) mass is 156 g/mol.